The van der Waals surface area contributed by atoms with Gasteiger partial charge < -0.3 is 9.64 Å². The largest absolute Gasteiger partial charge is 0.369 e. The van der Waals surface area contributed by atoms with Crippen LogP contribution in [-0.4, -0.2) is 42.0 Å². The first kappa shape index (κ1) is 16.5. The zero-order chi connectivity index (χ0) is 16.9. The van der Waals surface area contributed by atoms with Crippen LogP contribution >= 0.6 is 11.3 Å². The number of epoxide rings is 1. The van der Waals surface area contributed by atoms with Crippen molar-refractivity contribution in [2.45, 2.75) is 56.5 Å². The highest BCUT2D eigenvalue weighted by Gasteiger charge is 2.50. The van der Waals surface area contributed by atoms with Crippen molar-refractivity contribution in [2.24, 2.45) is 5.92 Å². The number of hydrogen-bond donors (Lipinski definition) is 0. The minimum absolute atomic E-state index is 0.0280. The summed E-state index contributed by atoms with van der Waals surface area (Å²) in [5.41, 5.74) is 0.939. The van der Waals surface area contributed by atoms with Gasteiger partial charge >= 0.3 is 0 Å². The molecule has 3 aliphatic rings. The lowest BCUT2D eigenvalue weighted by Gasteiger charge is -2.39. The van der Waals surface area contributed by atoms with Gasteiger partial charge in [-0.05, 0) is 43.2 Å². The van der Waals surface area contributed by atoms with Crippen LogP contribution in [0, 0.1) is 12.8 Å². The van der Waals surface area contributed by atoms with Crippen molar-refractivity contribution in [3.8, 4) is 0 Å². The van der Waals surface area contributed by atoms with Crippen LogP contribution in [0.3, 0.4) is 0 Å². The van der Waals surface area contributed by atoms with Gasteiger partial charge in [-0.2, -0.15) is 0 Å². The number of aryl methyl sites for hydroxylation is 1. The Bertz CT molecular complexity index is 631. The molecule has 0 aromatic carbocycles. The summed E-state index contributed by atoms with van der Waals surface area (Å²) in [6, 6.07) is 1.97. The van der Waals surface area contributed by atoms with Crippen LogP contribution in [-0.2, 0) is 9.53 Å². The number of carbonyl (C=O) groups excluding carboxylic acids is 1. The maximum Gasteiger partial charge on any atom is 0.248 e. The SMILES string of the molecule is Cc1cc(C2CC(F)(F)CCC2C(=O)N2CCC3(CC2)CO3)cs1. The Morgan fingerprint density at radius 3 is 2.62 bits per heavy atom. The van der Waals surface area contributed by atoms with Crippen molar-refractivity contribution in [2.75, 3.05) is 19.7 Å². The number of alkyl halides is 2. The molecular weight excluding hydrogens is 332 g/mol. The Morgan fingerprint density at radius 1 is 1.33 bits per heavy atom. The highest BCUT2D eigenvalue weighted by molar-refractivity contribution is 7.10. The standard InChI is InChI=1S/C18H23F2NO2S/c1-12-8-13(10-24-12)15-9-18(19,20)3-2-14(15)16(22)21-6-4-17(5-7-21)11-23-17/h8,10,14-15H,2-7,9,11H2,1H3. The van der Waals surface area contributed by atoms with Gasteiger partial charge in [0.2, 0.25) is 11.8 Å². The molecule has 2 saturated heterocycles. The summed E-state index contributed by atoms with van der Waals surface area (Å²) in [7, 11) is 0. The number of hydrogen-bond acceptors (Lipinski definition) is 3. The van der Waals surface area contributed by atoms with E-state index < -0.39 is 5.92 Å². The van der Waals surface area contributed by atoms with E-state index in [1.54, 1.807) is 11.3 Å². The quantitative estimate of drug-likeness (QED) is 0.752. The van der Waals surface area contributed by atoms with E-state index in [-0.39, 0.29) is 42.6 Å². The van der Waals surface area contributed by atoms with Crippen molar-refractivity contribution < 1.29 is 18.3 Å². The van der Waals surface area contributed by atoms with Gasteiger partial charge in [0, 0.05) is 42.6 Å². The molecule has 1 saturated carbocycles. The minimum Gasteiger partial charge on any atom is -0.369 e. The van der Waals surface area contributed by atoms with Crippen molar-refractivity contribution >= 4 is 17.2 Å². The monoisotopic (exact) mass is 355 g/mol. The number of nitrogens with zero attached hydrogens (tertiary/aromatic N) is 1. The third-order valence-electron chi connectivity index (χ3n) is 5.86. The van der Waals surface area contributed by atoms with Crippen LogP contribution in [0.1, 0.15) is 48.5 Å². The zero-order valence-corrected chi connectivity index (χ0v) is 14.7. The van der Waals surface area contributed by atoms with Crippen LogP contribution in [0.25, 0.3) is 0 Å². The molecule has 1 aromatic heterocycles. The summed E-state index contributed by atoms with van der Waals surface area (Å²) in [5.74, 6) is -3.27. The second kappa shape index (κ2) is 5.77. The van der Waals surface area contributed by atoms with Gasteiger partial charge in [0.15, 0.2) is 0 Å². The minimum atomic E-state index is -2.66. The van der Waals surface area contributed by atoms with E-state index in [0.29, 0.717) is 13.1 Å². The van der Waals surface area contributed by atoms with Gasteiger partial charge in [0.05, 0.1) is 12.2 Å². The Balaban J connectivity index is 1.51. The first-order chi connectivity index (χ1) is 11.4. The Hall–Kier alpha value is -1.01. The Labute approximate surface area is 145 Å². The molecule has 3 fully saturated rings. The molecule has 2 atom stereocenters. The molecule has 3 heterocycles. The summed E-state index contributed by atoms with van der Waals surface area (Å²) < 4.78 is 33.5. The summed E-state index contributed by atoms with van der Waals surface area (Å²) in [6.07, 6.45) is 1.65. The normalized spacial score (nSPS) is 31.2. The topological polar surface area (TPSA) is 32.8 Å². The molecule has 24 heavy (non-hydrogen) atoms. The predicted octanol–water partition coefficient (Wildman–Crippen LogP) is 3.97. The molecule has 132 valence electrons. The third kappa shape index (κ3) is 3.10. The molecule has 1 spiro atoms. The van der Waals surface area contributed by atoms with Gasteiger partial charge in [0.1, 0.15) is 0 Å². The average Bonchev–Trinajstić information content (AvgIpc) is 3.15. The summed E-state index contributed by atoms with van der Waals surface area (Å²) >= 11 is 1.57. The maximum absolute atomic E-state index is 14.0. The predicted molar refractivity (Wildman–Crippen MR) is 88.6 cm³/mol. The summed E-state index contributed by atoms with van der Waals surface area (Å²) in [6.45, 7) is 4.18. The number of carbonyl (C=O) groups is 1. The molecule has 2 unspecified atom stereocenters. The van der Waals surface area contributed by atoms with Gasteiger partial charge in [0.25, 0.3) is 0 Å². The van der Waals surface area contributed by atoms with Crippen molar-refractivity contribution in [3.63, 3.8) is 0 Å². The fourth-order valence-electron chi connectivity index (χ4n) is 4.20. The summed E-state index contributed by atoms with van der Waals surface area (Å²) in [5, 5.41) is 1.95. The first-order valence-electron chi connectivity index (χ1n) is 8.73. The second-order valence-corrected chi connectivity index (χ2v) is 8.71. The van der Waals surface area contributed by atoms with E-state index >= 15 is 0 Å². The highest BCUT2D eigenvalue weighted by atomic mass is 32.1. The Kier molecular flexibility index (Phi) is 3.95. The molecule has 2 aliphatic heterocycles. The number of rotatable bonds is 2. The number of likely N-dealkylation sites (tertiary alicyclic amines) is 1. The number of thiophene rings is 1. The third-order valence-corrected chi connectivity index (χ3v) is 6.74. The fraction of sp³-hybridized carbons (Fsp3) is 0.722. The van der Waals surface area contributed by atoms with E-state index in [1.165, 1.54) is 0 Å². The average molecular weight is 355 g/mol. The maximum atomic E-state index is 14.0. The summed E-state index contributed by atoms with van der Waals surface area (Å²) in [4.78, 5) is 16.0. The molecule has 1 aromatic rings. The van der Waals surface area contributed by atoms with Crippen LogP contribution in [0.2, 0.25) is 0 Å². The van der Waals surface area contributed by atoms with E-state index in [0.717, 1.165) is 29.9 Å². The second-order valence-electron chi connectivity index (χ2n) is 7.60. The molecule has 0 radical (unpaired) electrons. The molecule has 4 rings (SSSR count). The lowest BCUT2D eigenvalue weighted by atomic mass is 9.73. The Morgan fingerprint density at radius 2 is 2.04 bits per heavy atom. The highest BCUT2D eigenvalue weighted by Crippen LogP contribution is 2.47. The first-order valence-corrected chi connectivity index (χ1v) is 9.61. The van der Waals surface area contributed by atoms with Gasteiger partial charge in [-0.15, -0.1) is 11.3 Å². The molecule has 6 heteroatoms. The van der Waals surface area contributed by atoms with Gasteiger partial charge in [-0.25, -0.2) is 8.78 Å². The number of halogens is 2. The fourth-order valence-corrected chi connectivity index (χ4v) is 4.97. The van der Waals surface area contributed by atoms with Gasteiger partial charge in [-0.3, -0.25) is 4.79 Å². The van der Waals surface area contributed by atoms with E-state index in [2.05, 4.69) is 0 Å². The zero-order valence-electron chi connectivity index (χ0n) is 13.9. The molecule has 1 amide bonds. The van der Waals surface area contributed by atoms with E-state index in [9.17, 15) is 13.6 Å². The number of amides is 1. The van der Waals surface area contributed by atoms with Crippen LogP contribution in [0.4, 0.5) is 8.78 Å². The van der Waals surface area contributed by atoms with E-state index in [1.807, 2.05) is 23.3 Å². The van der Waals surface area contributed by atoms with Crippen molar-refractivity contribution in [1.82, 2.24) is 4.90 Å². The molecule has 1 aliphatic carbocycles. The lowest BCUT2D eigenvalue weighted by molar-refractivity contribution is -0.142. The number of ether oxygens (including phenoxy) is 1. The molecule has 0 bridgehead atoms. The van der Waals surface area contributed by atoms with Crippen molar-refractivity contribution in [3.05, 3.63) is 21.9 Å². The smallest absolute Gasteiger partial charge is 0.248 e. The van der Waals surface area contributed by atoms with E-state index in [4.69, 9.17) is 4.74 Å². The number of piperidine rings is 1. The molecular formula is C18H23F2NO2S. The van der Waals surface area contributed by atoms with Gasteiger partial charge in [-0.1, -0.05) is 0 Å². The van der Waals surface area contributed by atoms with Crippen molar-refractivity contribution in [1.29, 1.82) is 0 Å². The van der Waals surface area contributed by atoms with Crippen LogP contribution in [0.15, 0.2) is 11.4 Å². The van der Waals surface area contributed by atoms with Crippen LogP contribution in [0.5, 0.6) is 0 Å². The molecule has 0 N–H and O–H groups in total. The molecule has 3 nitrogen and oxygen atoms in total. The lowest BCUT2D eigenvalue weighted by Crippen LogP contribution is -2.47. The van der Waals surface area contributed by atoms with Crippen LogP contribution < -0.4 is 0 Å².